The van der Waals surface area contributed by atoms with Crippen molar-refractivity contribution in [2.75, 3.05) is 5.32 Å². The molecule has 0 fully saturated rings. The summed E-state index contributed by atoms with van der Waals surface area (Å²) in [5.74, 6) is 0.351. The van der Waals surface area contributed by atoms with E-state index in [2.05, 4.69) is 168 Å². The molecule has 2 unspecified atom stereocenters. The summed E-state index contributed by atoms with van der Waals surface area (Å²) in [7, 11) is 0. The summed E-state index contributed by atoms with van der Waals surface area (Å²) in [4.78, 5) is 0. The van der Waals surface area contributed by atoms with Crippen LogP contribution in [-0.4, -0.2) is 10.6 Å². The van der Waals surface area contributed by atoms with Crippen molar-refractivity contribution in [2.45, 2.75) is 65.8 Å². The van der Waals surface area contributed by atoms with Gasteiger partial charge in [-0.05, 0) is 110 Å². The number of benzene rings is 4. The molecule has 1 heterocycles. The first-order valence-electron chi connectivity index (χ1n) is 16.3. The first kappa shape index (κ1) is 31.9. The van der Waals surface area contributed by atoms with E-state index in [0.29, 0.717) is 5.92 Å². The topological polar surface area (TPSA) is 17.0 Å². The van der Waals surface area contributed by atoms with Crippen molar-refractivity contribution in [3.05, 3.63) is 145 Å². The van der Waals surface area contributed by atoms with Gasteiger partial charge in [-0.3, -0.25) is 0 Å². The molecule has 2 nitrogen and oxygen atoms in total. The first-order chi connectivity index (χ1) is 21.7. The largest absolute Gasteiger partial charge is 0.382 e. The predicted octanol–water partition coefficient (Wildman–Crippen LogP) is 12.2. The minimum atomic E-state index is 0.0753. The molecule has 1 aromatic heterocycles. The van der Waals surface area contributed by atoms with Crippen LogP contribution in [0.1, 0.15) is 59.9 Å². The number of rotatable bonds is 11. The molecule has 0 aliphatic carbocycles. The van der Waals surface area contributed by atoms with Crippen molar-refractivity contribution in [3.8, 4) is 16.8 Å². The third kappa shape index (κ3) is 6.76. The van der Waals surface area contributed by atoms with Gasteiger partial charge in [0.2, 0.25) is 0 Å². The zero-order valence-electron chi connectivity index (χ0n) is 27.9. The van der Waals surface area contributed by atoms with E-state index in [1.54, 1.807) is 0 Å². The number of para-hydroxylation sites is 1. The Kier molecular flexibility index (Phi) is 9.63. The van der Waals surface area contributed by atoms with Gasteiger partial charge >= 0.3 is 0 Å². The summed E-state index contributed by atoms with van der Waals surface area (Å²) < 4.78 is 2.39. The molecule has 0 saturated carbocycles. The molecule has 230 valence electrons. The van der Waals surface area contributed by atoms with Crippen molar-refractivity contribution in [2.24, 2.45) is 5.92 Å². The highest BCUT2D eigenvalue weighted by atomic mass is 15.0. The molecule has 2 heteroatoms. The lowest BCUT2D eigenvalue weighted by atomic mass is 9.86. The fourth-order valence-corrected chi connectivity index (χ4v) is 6.52. The van der Waals surface area contributed by atoms with Crippen LogP contribution in [0.5, 0.6) is 0 Å². The third-order valence-corrected chi connectivity index (χ3v) is 9.24. The van der Waals surface area contributed by atoms with Gasteiger partial charge in [0.05, 0.1) is 11.0 Å². The van der Waals surface area contributed by atoms with Gasteiger partial charge in [0.15, 0.2) is 0 Å². The first-order valence-corrected chi connectivity index (χ1v) is 16.3. The fraction of sp³-hybridized carbons (Fsp3) is 0.256. The molecule has 0 saturated heterocycles. The minimum Gasteiger partial charge on any atom is -0.382 e. The highest BCUT2D eigenvalue weighted by Gasteiger charge is 2.21. The Morgan fingerprint density at radius 2 is 1.42 bits per heavy atom. The van der Waals surface area contributed by atoms with Crippen LogP contribution in [0.4, 0.5) is 5.69 Å². The van der Waals surface area contributed by atoms with Crippen LogP contribution in [-0.2, 0) is 5.41 Å². The predicted molar refractivity (Wildman–Crippen MR) is 199 cm³/mol. The van der Waals surface area contributed by atoms with E-state index in [0.717, 1.165) is 18.5 Å². The van der Waals surface area contributed by atoms with Crippen molar-refractivity contribution in [3.63, 3.8) is 0 Å². The molecule has 0 amide bonds. The summed E-state index contributed by atoms with van der Waals surface area (Å²) in [5.41, 5.74) is 11.2. The summed E-state index contributed by atoms with van der Waals surface area (Å²) in [6, 6.07) is 33.7. The van der Waals surface area contributed by atoms with Crippen LogP contribution >= 0.6 is 0 Å². The summed E-state index contributed by atoms with van der Waals surface area (Å²) >= 11 is 0. The Morgan fingerprint density at radius 3 is 2.02 bits per heavy atom. The molecule has 45 heavy (non-hydrogen) atoms. The van der Waals surface area contributed by atoms with Gasteiger partial charge < -0.3 is 9.88 Å². The van der Waals surface area contributed by atoms with Gasteiger partial charge in [0.1, 0.15) is 0 Å². The Labute approximate surface area is 270 Å². The highest BCUT2D eigenvalue weighted by Crippen LogP contribution is 2.37. The Balaban J connectivity index is 1.48. The number of allylic oxidation sites excluding steroid dienone is 5. The summed E-state index contributed by atoms with van der Waals surface area (Å²) in [5, 5.41) is 6.36. The maximum atomic E-state index is 4.10. The summed E-state index contributed by atoms with van der Waals surface area (Å²) in [6.45, 7) is 21.4. The molecule has 4 aromatic carbocycles. The Bertz CT molecular complexity index is 1860. The maximum Gasteiger partial charge on any atom is 0.0541 e. The monoisotopic (exact) mass is 592 g/mol. The van der Waals surface area contributed by atoms with Crippen molar-refractivity contribution in [1.82, 2.24) is 4.57 Å². The standard InChI is InChI=1S/C43H48N2/c1-9-31(10-2)18-25-38(32(11-3)12-4)30(5)44-36-23-19-33(20-24-36)34-21-26-41-39(28-34)40-29-35(43(6,7)8)22-27-42(40)45(41)37-16-14-13-15-17-37/h9-17,19-24,26-30,38,44H,1,3,18,25H2,2,4-8H3/b31-10+,32-12+. The van der Waals surface area contributed by atoms with E-state index in [1.807, 2.05) is 12.2 Å². The van der Waals surface area contributed by atoms with Gasteiger partial charge in [0, 0.05) is 34.1 Å². The third-order valence-electron chi connectivity index (χ3n) is 9.24. The number of nitrogens with zero attached hydrogens (tertiary/aromatic N) is 1. The lowest BCUT2D eigenvalue weighted by Gasteiger charge is -2.27. The average molecular weight is 593 g/mol. The van der Waals surface area contributed by atoms with Crippen molar-refractivity contribution in [1.29, 1.82) is 0 Å². The van der Waals surface area contributed by atoms with Crippen LogP contribution in [0.2, 0.25) is 0 Å². The van der Waals surface area contributed by atoms with Crippen LogP contribution in [0.3, 0.4) is 0 Å². The number of anilines is 1. The molecule has 0 radical (unpaired) electrons. The van der Waals surface area contributed by atoms with Crippen LogP contribution in [0.15, 0.2) is 140 Å². The highest BCUT2D eigenvalue weighted by molar-refractivity contribution is 6.10. The van der Waals surface area contributed by atoms with Gasteiger partial charge in [-0.1, -0.05) is 106 Å². The molecular formula is C43H48N2. The van der Waals surface area contributed by atoms with E-state index in [-0.39, 0.29) is 11.5 Å². The molecule has 5 aromatic rings. The molecule has 2 atom stereocenters. The quantitative estimate of drug-likeness (QED) is 0.151. The van der Waals surface area contributed by atoms with Gasteiger partial charge in [-0.25, -0.2) is 0 Å². The van der Waals surface area contributed by atoms with E-state index < -0.39 is 0 Å². The lowest BCUT2D eigenvalue weighted by Crippen LogP contribution is -2.27. The number of aromatic nitrogens is 1. The van der Waals surface area contributed by atoms with Gasteiger partial charge in [-0.2, -0.15) is 0 Å². The zero-order chi connectivity index (χ0) is 32.1. The maximum absolute atomic E-state index is 4.10. The normalized spacial score (nSPS) is 14.0. The summed E-state index contributed by atoms with van der Waals surface area (Å²) in [6.07, 6.45) is 10.4. The van der Waals surface area contributed by atoms with E-state index >= 15 is 0 Å². The molecular weight excluding hydrogens is 544 g/mol. The van der Waals surface area contributed by atoms with E-state index in [9.17, 15) is 0 Å². The molecule has 0 bridgehead atoms. The van der Waals surface area contributed by atoms with Gasteiger partial charge in [-0.15, -0.1) is 0 Å². The van der Waals surface area contributed by atoms with Crippen LogP contribution < -0.4 is 5.32 Å². The van der Waals surface area contributed by atoms with Crippen molar-refractivity contribution < 1.29 is 0 Å². The molecule has 5 rings (SSSR count). The number of nitrogens with one attached hydrogen (secondary N) is 1. The minimum absolute atomic E-state index is 0.0753. The number of hydrogen-bond acceptors (Lipinski definition) is 1. The van der Waals surface area contributed by atoms with Crippen LogP contribution in [0, 0.1) is 5.92 Å². The van der Waals surface area contributed by atoms with E-state index in [4.69, 9.17) is 0 Å². The lowest BCUT2D eigenvalue weighted by molar-refractivity contribution is 0.506. The fourth-order valence-electron chi connectivity index (χ4n) is 6.52. The molecule has 1 N–H and O–H groups in total. The molecule has 0 aliphatic heterocycles. The van der Waals surface area contributed by atoms with Gasteiger partial charge in [0.25, 0.3) is 0 Å². The Morgan fingerprint density at radius 1 is 0.778 bits per heavy atom. The Hall–Kier alpha value is -4.56. The average Bonchev–Trinajstić information content (AvgIpc) is 3.38. The number of hydrogen-bond donors (Lipinski definition) is 1. The second-order valence-corrected chi connectivity index (χ2v) is 13.1. The molecule has 0 aliphatic rings. The van der Waals surface area contributed by atoms with E-state index in [1.165, 1.54) is 55.3 Å². The number of fused-ring (bicyclic) bond motifs is 3. The second kappa shape index (κ2) is 13.6. The van der Waals surface area contributed by atoms with Crippen LogP contribution in [0.25, 0.3) is 38.6 Å². The molecule has 0 spiro atoms. The smallest absolute Gasteiger partial charge is 0.0541 e. The zero-order valence-corrected chi connectivity index (χ0v) is 27.9. The van der Waals surface area contributed by atoms with Crippen molar-refractivity contribution >= 4 is 27.5 Å². The second-order valence-electron chi connectivity index (χ2n) is 13.1. The SMILES string of the molecule is C=C/C(=C\C)CCC(/C(C=C)=C/C)C(C)Nc1ccc(-c2ccc3c(c2)c2cc(C(C)(C)C)ccc2n3-c2ccccc2)cc1.